The highest BCUT2D eigenvalue weighted by Crippen LogP contribution is 2.30. The van der Waals surface area contributed by atoms with E-state index in [2.05, 4.69) is 5.32 Å². The van der Waals surface area contributed by atoms with Gasteiger partial charge in [-0.1, -0.05) is 37.3 Å². The molecule has 3 nitrogen and oxygen atoms in total. The number of piperidine rings is 1. The van der Waals surface area contributed by atoms with E-state index < -0.39 is 0 Å². The number of carbonyl (C=O) groups excluding carboxylic acids is 1. The maximum atomic E-state index is 12.4. The maximum Gasteiger partial charge on any atom is 0.313 e. The molecule has 4 atom stereocenters. The van der Waals surface area contributed by atoms with Crippen molar-refractivity contribution >= 4 is 5.97 Å². The minimum atomic E-state index is -0.122. The molecule has 1 N–H and O–H groups in total. The Hall–Kier alpha value is -1.35. The van der Waals surface area contributed by atoms with Gasteiger partial charge in [-0.15, -0.1) is 0 Å². The number of benzene rings is 1. The molecule has 20 heavy (non-hydrogen) atoms. The average Bonchev–Trinajstić information content (AvgIpc) is 2.80. The van der Waals surface area contributed by atoms with Crippen molar-refractivity contribution < 1.29 is 9.53 Å². The SMILES string of the molecule is CCC(C(=O)OC1C[C@H]2CC[C@@H](C1)N2)c1ccccc1. The topological polar surface area (TPSA) is 38.3 Å². The van der Waals surface area contributed by atoms with E-state index in [1.165, 1.54) is 12.8 Å². The van der Waals surface area contributed by atoms with E-state index in [9.17, 15) is 4.79 Å². The van der Waals surface area contributed by atoms with Crippen LogP contribution in [0, 0.1) is 0 Å². The molecular weight excluding hydrogens is 250 g/mol. The van der Waals surface area contributed by atoms with Gasteiger partial charge in [0.2, 0.25) is 0 Å². The van der Waals surface area contributed by atoms with Crippen LogP contribution in [0.15, 0.2) is 30.3 Å². The summed E-state index contributed by atoms with van der Waals surface area (Å²) in [4.78, 5) is 12.4. The number of carbonyl (C=O) groups is 1. The Morgan fingerprint density at radius 2 is 1.90 bits per heavy atom. The molecule has 1 aromatic rings. The quantitative estimate of drug-likeness (QED) is 0.857. The summed E-state index contributed by atoms with van der Waals surface area (Å²) in [5, 5.41) is 3.58. The molecule has 0 radical (unpaired) electrons. The highest BCUT2D eigenvalue weighted by atomic mass is 16.5. The monoisotopic (exact) mass is 273 g/mol. The molecular formula is C17H23NO2. The molecule has 0 spiro atoms. The number of hydrogen-bond donors (Lipinski definition) is 1. The molecule has 0 saturated carbocycles. The van der Waals surface area contributed by atoms with Gasteiger partial charge < -0.3 is 10.1 Å². The second-order valence-electron chi connectivity index (χ2n) is 6.04. The van der Waals surface area contributed by atoms with Crippen molar-refractivity contribution in [2.75, 3.05) is 0 Å². The fourth-order valence-electron chi connectivity index (χ4n) is 3.57. The zero-order valence-corrected chi connectivity index (χ0v) is 12.0. The van der Waals surface area contributed by atoms with Crippen LogP contribution in [0.1, 0.15) is 50.5 Å². The summed E-state index contributed by atoms with van der Waals surface area (Å²) in [5.41, 5.74) is 1.07. The molecule has 0 aromatic heterocycles. The third kappa shape index (κ3) is 2.88. The van der Waals surface area contributed by atoms with Crippen molar-refractivity contribution in [1.29, 1.82) is 0 Å². The second-order valence-corrected chi connectivity index (χ2v) is 6.04. The van der Waals surface area contributed by atoms with Crippen LogP contribution < -0.4 is 5.32 Å². The average molecular weight is 273 g/mol. The summed E-state index contributed by atoms with van der Waals surface area (Å²) >= 11 is 0. The lowest BCUT2D eigenvalue weighted by Gasteiger charge is -2.30. The zero-order chi connectivity index (χ0) is 13.9. The zero-order valence-electron chi connectivity index (χ0n) is 12.0. The Labute approximate surface area is 120 Å². The summed E-state index contributed by atoms with van der Waals surface area (Å²) < 4.78 is 5.80. The molecule has 3 rings (SSSR count). The second kappa shape index (κ2) is 5.96. The fourth-order valence-corrected chi connectivity index (χ4v) is 3.57. The van der Waals surface area contributed by atoms with Gasteiger partial charge in [-0.25, -0.2) is 0 Å². The van der Waals surface area contributed by atoms with Crippen LogP contribution in [0.5, 0.6) is 0 Å². The van der Waals surface area contributed by atoms with Gasteiger partial charge in [-0.05, 0) is 37.7 Å². The normalized spacial score (nSPS) is 29.9. The van der Waals surface area contributed by atoms with Crippen molar-refractivity contribution in [3.63, 3.8) is 0 Å². The predicted octanol–water partition coefficient (Wildman–Crippen LogP) is 3.01. The van der Waals surface area contributed by atoms with Crippen LogP contribution in [0.4, 0.5) is 0 Å². The molecule has 2 aliphatic heterocycles. The molecule has 0 amide bonds. The van der Waals surface area contributed by atoms with Crippen LogP contribution in [-0.4, -0.2) is 24.2 Å². The molecule has 2 heterocycles. The van der Waals surface area contributed by atoms with Crippen molar-refractivity contribution in [1.82, 2.24) is 5.32 Å². The van der Waals surface area contributed by atoms with Gasteiger partial charge in [0.1, 0.15) is 6.10 Å². The largest absolute Gasteiger partial charge is 0.462 e. The van der Waals surface area contributed by atoms with Gasteiger partial charge in [0.05, 0.1) is 5.92 Å². The van der Waals surface area contributed by atoms with E-state index in [1.807, 2.05) is 37.3 Å². The highest BCUT2D eigenvalue weighted by Gasteiger charge is 2.36. The summed E-state index contributed by atoms with van der Waals surface area (Å²) in [6.07, 6.45) is 5.32. The Kier molecular flexibility index (Phi) is 4.06. The predicted molar refractivity (Wildman–Crippen MR) is 78.5 cm³/mol. The third-order valence-corrected chi connectivity index (χ3v) is 4.61. The van der Waals surface area contributed by atoms with E-state index in [-0.39, 0.29) is 18.0 Å². The first-order chi connectivity index (χ1) is 9.76. The van der Waals surface area contributed by atoms with Crippen LogP contribution >= 0.6 is 0 Å². The van der Waals surface area contributed by atoms with Crippen LogP contribution in [0.2, 0.25) is 0 Å². The van der Waals surface area contributed by atoms with E-state index in [0.29, 0.717) is 12.1 Å². The van der Waals surface area contributed by atoms with E-state index >= 15 is 0 Å². The number of ether oxygens (including phenoxy) is 1. The molecule has 1 aromatic carbocycles. The minimum Gasteiger partial charge on any atom is -0.462 e. The lowest BCUT2D eigenvalue weighted by Crippen LogP contribution is -2.42. The van der Waals surface area contributed by atoms with Crippen molar-refractivity contribution in [3.8, 4) is 0 Å². The molecule has 2 fully saturated rings. The Morgan fingerprint density at radius 3 is 2.50 bits per heavy atom. The van der Waals surface area contributed by atoms with Crippen molar-refractivity contribution in [3.05, 3.63) is 35.9 Å². The Balaban J connectivity index is 1.63. The number of fused-ring (bicyclic) bond motifs is 2. The number of hydrogen-bond acceptors (Lipinski definition) is 3. The molecule has 0 aliphatic carbocycles. The molecule has 2 aliphatic rings. The van der Waals surface area contributed by atoms with Gasteiger partial charge in [0, 0.05) is 12.1 Å². The summed E-state index contributed by atoms with van der Waals surface area (Å²) in [7, 11) is 0. The van der Waals surface area contributed by atoms with Gasteiger partial charge in [-0.3, -0.25) is 4.79 Å². The number of nitrogens with one attached hydrogen (secondary N) is 1. The molecule has 108 valence electrons. The fraction of sp³-hybridized carbons (Fsp3) is 0.588. The number of esters is 1. The van der Waals surface area contributed by atoms with E-state index in [4.69, 9.17) is 4.74 Å². The van der Waals surface area contributed by atoms with Crippen LogP contribution in [0.3, 0.4) is 0 Å². The van der Waals surface area contributed by atoms with Gasteiger partial charge >= 0.3 is 5.97 Å². The lowest BCUT2D eigenvalue weighted by atomic mass is 9.96. The molecule has 2 bridgehead atoms. The minimum absolute atomic E-state index is 0.0509. The van der Waals surface area contributed by atoms with Gasteiger partial charge in [0.25, 0.3) is 0 Å². The Morgan fingerprint density at radius 1 is 1.25 bits per heavy atom. The van der Waals surface area contributed by atoms with Crippen LogP contribution in [-0.2, 0) is 9.53 Å². The molecule has 2 saturated heterocycles. The summed E-state index contributed by atoms with van der Waals surface area (Å²) in [6.45, 7) is 2.05. The van der Waals surface area contributed by atoms with E-state index in [1.54, 1.807) is 0 Å². The summed E-state index contributed by atoms with van der Waals surface area (Å²) in [5.74, 6) is -0.172. The lowest BCUT2D eigenvalue weighted by molar-refractivity contribution is -0.152. The van der Waals surface area contributed by atoms with Crippen molar-refractivity contribution in [2.24, 2.45) is 0 Å². The van der Waals surface area contributed by atoms with Gasteiger partial charge in [-0.2, -0.15) is 0 Å². The summed E-state index contributed by atoms with van der Waals surface area (Å²) in [6, 6.07) is 11.1. The standard InChI is InChI=1S/C17H23NO2/c1-2-16(12-6-4-3-5-7-12)17(19)20-15-10-13-8-9-14(11-15)18-13/h3-7,13-16,18H,2,8-11H2,1H3/t13-,14+,15?,16?. The van der Waals surface area contributed by atoms with Crippen molar-refractivity contribution in [2.45, 2.75) is 63.1 Å². The third-order valence-electron chi connectivity index (χ3n) is 4.61. The molecule has 3 heteroatoms. The Bertz CT molecular complexity index is 447. The van der Waals surface area contributed by atoms with E-state index in [0.717, 1.165) is 24.8 Å². The first kappa shape index (κ1) is 13.6. The van der Waals surface area contributed by atoms with Crippen LogP contribution in [0.25, 0.3) is 0 Å². The highest BCUT2D eigenvalue weighted by molar-refractivity contribution is 5.78. The first-order valence-corrected chi connectivity index (χ1v) is 7.77. The van der Waals surface area contributed by atoms with Gasteiger partial charge in [0.15, 0.2) is 0 Å². The molecule has 2 unspecified atom stereocenters. The maximum absolute atomic E-state index is 12.4. The first-order valence-electron chi connectivity index (χ1n) is 7.77. The smallest absolute Gasteiger partial charge is 0.313 e. The number of rotatable bonds is 4.